The minimum atomic E-state index is -0.278. The van der Waals surface area contributed by atoms with Crippen molar-refractivity contribution < 1.29 is 4.74 Å². The van der Waals surface area contributed by atoms with Crippen LogP contribution in [0.15, 0.2) is 35.2 Å². The van der Waals surface area contributed by atoms with Crippen LogP contribution in [-0.2, 0) is 4.74 Å². The molecule has 0 radical (unpaired) electrons. The van der Waals surface area contributed by atoms with E-state index in [0.717, 1.165) is 36.0 Å². The van der Waals surface area contributed by atoms with Crippen molar-refractivity contribution in [3.63, 3.8) is 0 Å². The molecule has 2 bridgehead atoms. The van der Waals surface area contributed by atoms with Crippen LogP contribution in [0.3, 0.4) is 0 Å². The van der Waals surface area contributed by atoms with E-state index in [4.69, 9.17) is 16.3 Å². The lowest BCUT2D eigenvalue weighted by Gasteiger charge is -2.28. The topological polar surface area (TPSA) is 9.23 Å². The molecule has 1 aliphatic heterocycles. The molecule has 1 heterocycles. The second kappa shape index (κ2) is 3.42. The monoisotopic (exact) mass is 304 g/mol. The van der Waals surface area contributed by atoms with Crippen LogP contribution in [0, 0.1) is 35.5 Å². The number of benzene rings is 1. The quantitative estimate of drug-likeness (QED) is 0.763. The molecule has 4 aliphatic carbocycles. The average molecular weight is 305 g/mol. The van der Waals surface area contributed by atoms with Gasteiger partial charge in [0.15, 0.2) is 0 Å². The molecule has 1 nitrogen and oxygen atoms in total. The first-order valence-electron chi connectivity index (χ1n) is 7.85. The number of hydrogen-bond acceptors (Lipinski definition) is 2. The van der Waals surface area contributed by atoms with E-state index in [1.165, 1.54) is 11.3 Å². The highest BCUT2D eigenvalue weighted by Gasteiger charge is 2.80. The first kappa shape index (κ1) is 11.4. The van der Waals surface area contributed by atoms with Crippen molar-refractivity contribution in [2.24, 2.45) is 35.5 Å². The van der Waals surface area contributed by atoms with Crippen LogP contribution in [0.4, 0.5) is 0 Å². The molecule has 0 spiro atoms. The summed E-state index contributed by atoms with van der Waals surface area (Å²) in [6.07, 6.45) is 3.00. The van der Waals surface area contributed by atoms with Gasteiger partial charge in [-0.05, 0) is 54.6 Å². The Morgan fingerprint density at radius 2 is 1.95 bits per heavy atom. The summed E-state index contributed by atoms with van der Waals surface area (Å²) in [7, 11) is 0. The maximum Gasteiger partial charge on any atom is 0.145 e. The first-order valence-corrected chi connectivity index (χ1v) is 9.10. The maximum absolute atomic E-state index is 6.88. The smallest absolute Gasteiger partial charge is 0.145 e. The second-order valence-corrected chi connectivity index (χ2v) is 9.27. The number of rotatable bonds is 2. The third-order valence-electron chi connectivity index (χ3n) is 6.90. The largest absolute Gasteiger partial charge is 0.355 e. The average Bonchev–Trinajstić information content (AvgIpc) is 3.11. The lowest BCUT2D eigenvalue weighted by molar-refractivity contribution is 0.0123. The van der Waals surface area contributed by atoms with Crippen molar-refractivity contribution >= 4 is 23.4 Å². The van der Waals surface area contributed by atoms with Crippen molar-refractivity contribution in [2.45, 2.75) is 34.2 Å². The third-order valence-corrected chi connectivity index (χ3v) is 8.79. The molecule has 1 aromatic rings. The van der Waals surface area contributed by atoms with E-state index in [-0.39, 0.29) is 5.06 Å². The van der Waals surface area contributed by atoms with E-state index in [9.17, 15) is 0 Å². The molecule has 1 aromatic carbocycles. The van der Waals surface area contributed by atoms with Gasteiger partial charge >= 0.3 is 0 Å². The first-order chi connectivity index (χ1) is 9.76. The van der Waals surface area contributed by atoms with Gasteiger partial charge in [0.05, 0.1) is 6.10 Å². The van der Waals surface area contributed by atoms with Gasteiger partial charge < -0.3 is 4.74 Å². The summed E-state index contributed by atoms with van der Waals surface area (Å²) in [5.41, 5.74) is 0. The van der Waals surface area contributed by atoms with Gasteiger partial charge in [-0.1, -0.05) is 29.8 Å². The zero-order valence-corrected chi connectivity index (χ0v) is 12.7. The highest BCUT2D eigenvalue weighted by atomic mass is 35.5. The van der Waals surface area contributed by atoms with Gasteiger partial charge in [-0.25, -0.2) is 0 Å². The summed E-state index contributed by atoms with van der Waals surface area (Å²) in [6, 6.07) is 10.9. The van der Waals surface area contributed by atoms with Crippen molar-refractivity contribution in [3.8, 4) is 0 Å². The molecule has 0 amide bonds. The molecule has 20 heavy (non-hydrogen) atoms. The minimum Gasteiger partial charge on any atom is -0.355 e. The second-order valence-electron chi connectivity index (χ2n) is 7.38. The number of halogens is 1. The summed E-state index contributed by atoms with van der Waals surface area (Å²) < 4.78 is 6.45. The van der Waals surface area contributed by atoms with Gasteiger partial charge in [-0.15, -0.1) is 11.8 Å². The standard InChI is InChI=1S/C17H17ClOS/c18-17-7-11-9-6-10-12(11)16(15(19-17)13(10)14(9)17)20-8-4-2-1-3-5-8/h1-5,9-16H,6-7H2/t9-,10+,11-,12+,13-,14+,15+,16+,17+/m1/s1. The van der Waals surface area contributed by atoms with Crippen molar-refractivity contribution in [2.75, 3.05) is 0 Å². The number of fused-ring (bicyclic) bond motifs is 1. The number of alkyl halides is 1. The van der Waals surface area contributed by atoms with Crippen LogP contribution in [-0.4, -0.2) is 16.4 Å². The summed E-state index contributed by atoms with van der Waals surface area (Å²) in [5, 5.41) is 0.371. The predicted molar refractivity (Wildman–Crippen MR) is 79.7 cm³/mol. The number of ether oxygens (including phenoxy) is 1. The van der Waals surface area contributed by atoms with Crippen molar-refractivity contribution in [1.29, 1.82) is 0 Å². The van der Waals surface area contributed by atoms with E-state index < -0.39 is 0 Å². The Labute approximate surface area is 128 Å². The van der Waals surface area contributed by atoms with E-state index in [0.29, 0.717) is 17.3 Å². The molecular weight excluding hydrogens is 288 g/mol. The Morgan fingerprint density at radius 3 is 2.80 bits per heavy atom. The van der Waals surface area contributed by atoms with Crippen LogP contribution in [0.5, 0.6) is 0 Å². The molecule has 3 heteroatoms. The lowest BCUT2D eigenvalue weighted by atomic mass is 9.80. The molecule has 0 aromatic heterocycles. The molecule has 5 aliphatic rings. The summed E-state index contributed by atoms with van der Waals surface area (Å²) in [5.74, 6) is 5.00. The molecule has 6 rings (SSSR count). The molecular formula is C17H17ClOS. The zero-order chi connectivity index (χ0) is 13.1. The van der Waals surface area contributed by atoms with Gasteiger partial charge in [-0.2, -0.15) is 0 Å². The molecule has 9 atom stereocenters. The fourth-order valence-electron chi connectivity index (χ4n) is 6.65. The maximum atomic E-state index is 6.88. The van der Waals surface area contributed by atoms with Gasteiger partial charge in [-0.3, -0.25) is 0 Å². The fourth-order valence-corrected chi connectivity index (χ4v) is 8.80. The van der Waals surface area contributed by atoms with Crippen molar-refractivity contribution in [3.05, 3.63) is 30.3 Å². The molecule has 104 valence electrons. The molecule has 5 fully saturated rings. The van der Waals surface area contributed by atoms with E-state index in [2.05, 4.69) is 42.1 Å². The summed E-state index contributed by atoms with van der Waals surface area (Å²) in [6.45, 7) is 0. The molecule has 0 unspecified atom stereocenters. The predicted octanol–water partition coefficient (Wildman–Crippen LogP) is 4.01. The van der Waals surface area contributed by atoms with E-state index >= 15 is 0 Å². The van der Waals surface area contributed by atoms with Crippen LogP contribution >= 0.6 is 23.4 Å². The van der Waals surface area contributed by atoms with Crippen molar-refractivity contribution in [1.82, 2.24) is 0 Å². The van der Waals surface area contributed by atoms with Gasteiger partial charge in [0.2, 0.25) is 0 Å². The Morgan fingerprint density at radius 1 is 1.10 bits per heavy atom. The Hall–Kier alpha value is -0.180. The summed E-state index contributed by atoms with van der Waals surface area (Å²) in [4.78, 5) is 1.40. The minimum absolute atomic E-state index is 0.278. The third kappa shape index (κ3) is 1.10. The van der Waals surface area contributed by atoms with Crippen LogP contribution in [0.2, 0.25) is 0 Å². The number of hydrogen-bond donors (Lipinski definition) is 0. The Kier molecular flexibility index (Phi) is 1.95. The zero-order valence-electron chi connectivity index (χ0n) is 11.1. The lowest BCUT2D eigenvalue weighted by Crippen LogP contribution is -2.29. The van der Waals surface area contributed by atoms with Gasteiger partial charge in [0.1, 0.15) is 5.06 Å². The van der Waals surface area contributed by atoms with Crippen LogP contribution in [0.25, 0.3) is 0 Å². The fraction of sp³-hybridized carbons (Fsp3) is 0.647. The SMILES string of the molecule is Cl[C@@]12C[C@@H]3[C@H]4C[C@H]5[C@@H]3[C@H](Sc3ccccc3)[C@@H](O1)[C@H]5[C@H]42. The highest BCUT2D eigenvalue weighted by molar-refractivity contribution is 8.00. The highest BCUT2D eigenvalue weighted by Crippen LogP contribution is 2.80. The Bertz CT molecular complexity index is 592. The van der Waals surface area contributed by atoms with E-state index in [1.807, 2.05) is 0 Å². The van der Waals surface area contributed by atoms with E-state index in [1.54, 1.807) is 0 Å². The molecule has 1 saturated heterocycles. The Balaban J connectivity index is 1.44. The van der Waals surface area contributed by atoms with Gasteiger partial charge in [0, 0.05) is 16.1 Å². The molecule has 4 saturated carbocycles. The summed E-state index contributed by atoms with van der Waals surface area (Å²) >= 11 is 8.94. The van der Waals surface area contributed by atoms with Crippen LogP contribution < -0.4 is 0 Å². The van der Waals surface area contributed by atoms with Crippen LogP contribution in [0.1, 0.15) is 12.8 Å². The number of thioether (sulfide) groups is 1. The normalized spacial score (nSPS) is 60.0. The molecule has 0 N–H and O–H groups in total. The van der Waals surface area contributed by atoms with Gasteiger partial charge in [0.25, 0.3) is 0 Å².